The van der Waals surface area contributed by atoms with Crippen LogP contribution >= 0.6 is 0 Å². The number of likely N-dealkylation sites (tertiary alicyclic amines) is 1. The van der Waals surface area contributed by atoms with Crippen molar-refractivity contribution in [1.82, 2.24) is 19.4 Å². The minimum Gasteiger partial charge on any atom is -0.347 e. The molecule has 0 bridgehead atoms. The zero-order valence-corrected chi connectivity index (χ0v) is 15.6. The standard InChI is InChI=1S/C15H24N4O5S/c1-11-14(12(2)17-16-11)25(21,22)18(3)10-13(20)19-6-4-15(5-7-19)23-8-9-24-15/h4-10H2,1-3H3,(H,16,17). The van der Waals surface area contributed by atoms with Crippen molar-refractivity contribution < 1.29 is 22.7 Å². The minimum atomic E-state index is -3.77. The summed E-state index contributed by atoms with van der Waals surface area (Å²) in [5.74, 6) is -0.780. The normalized spacial score (nSPS) is 20.6. The minimum absolute atomic E-state index is 0.133. The van der Waals surface area contributed by atoms with Gasteiger partial charge in [-0.15, -0.1) is 0 Å². The van der Waals surface area contributed by atoms with E-state index in [4.69, 9.17) is 9.47 Å². The fraction of sp³-hybridized carbons (Fsp3) is 0.733. The molecule has 140 valence electrons. The number of carbonyl (C=O) groups excluding carboxylic acids is 1. The summed E-state index contributed by atoms with van der Waals surface area (Å²) in [5, 5.41) is 6.58. The molecule has 1 amide bonds. The molecule has 2 saturated heterocycles. The van der Waals surface area contributed by atoms with Crippen LogP contribution in [0.3, 0.4) is 0 Å². The Bertz CT molecular complexity index is 724. The zero-order chi connectivity index (χ0) is 18.2. The zero-order valence-electron chi connectivity index (χ0n) is 14.7. The fourth-order valence-corrected chi connectivity index (χ4v) is 4.78. The monoisotopic (exact) mass is 372 g/mol. The van der Waals surface area contributed by atoms with Crippen LogP contribution in [0.2, 0.25) is 0 Å². The van der Waals surface area contributed by atoms with E-state index in [1.54, 1.807) is 18.7 Å². The summed E-state index contributed by atoms with van der Waals surface area (Å²) < 4.78 is 37.8. The number of hydrogen-bond donors (Lipinski definition) is 1. The van der Waals surface area contributed by atoms with Crippen LogP contribution in [0.25, 0.3) is 0 Å². The van der Waals surface area contributed by atoms with E-state index in [2.05, 4.69) is 10.2 Å². The number of sulfonamides is 1. The van der Waals surface area contributed by atoms with Crippen LogP contribution in [-0.4, -0.2) is 79.4 Å². The molecular weight excluding hydrogens is 348 g/mol. The fourth-order valence-electron chi connectivity index (χ4n) is 3.33. The number of aromatic nitrogens is 2. The van der Waals surface area contributed by atoms with Crippen molar-refractivity contribution in [2.24, 2.45) is 0 Å². The number of hydrogen-bond acceptors (Lipinski definition) is 6. The molecule has 0 atom stereocenters. The number of aromatic amines is 1. The number of carbonyl (C=O) groups is 1. The second-order valence-corrected chi connectivity index (χ2v) is 8.49. The predicted molar refractivity (Wildman–Crippen MR) is 88.3 cm³/mol. The lowest BCUT2D eigenvalue weighted by molar-refractivity contribution is -0.187. The molecule has 25 heavy (non-hydrogen) atoms. The molecule has 0 aliphatic carbocycles. The van der Waals surface area contributed by atoms with Gasteiger partial charge >= 0.3 is 0 Å². The van der Waals surface area contributed by atoms with Gasteiger partial charge in [0.05, 0.1) is 31.1 Å². The number of nitrogens with one attached hydrogen (secondary N) is 1. The van der Waals surface area contributed by atoms with E-state index in [0.717, 1.165) is 4.31 Å². The molecule has 1 N–H and O–H groups in total. The van der Waals surface area contributed by atoms with Gasteiger partial charge in [0.25, 0.3) is 0 Å². The number of rotatable bonds is 4. The molecule has 1 aromatic heterocycles. The summed E-state index contributed by atoms with van der Waals surface area (Å²) in [6.07, 6.45) is 1.21. The van der Waals surface area contributed by atoms with E-state index < -0.39 is 15.8 Å². The SMILES string of the molecule is Cc1n[nH]c(C)c1S(=O)(=O)N(C)CC(=O)N1CCC2(CC1)OCCO2. The van der Waals surface area contributed by atoms with Gasteiger partial charge in [-0.1, -0.05) is 0 Å². The van der Waals surface area contributed by atoms with Gasteiger partial charge < -0.3 is 14.4 Å². The topological polar surface area (TPSA) is 105 Å². The summed E-state index contributed by atoms with van der Waals surface area (Å²) in [6, 6.07) is 0. The smallest absolute Gasteiger partial charge is 0.246 e. The van der Waals surface area contributed by atoms with Crippen LogP contribution in [0.4, 0.5) is 0 Å². The Morgan fingerprint density at radius 2 is 1.88 bits per heavy atom. The molecule has 2 fully saturated rings. The van der Waals surface area contributed by atoms with Crippen LogP contribution in [0.5, 0.6) is 0 Å². The maximum atomic E-state index is 12.7. The van der Waals surface area contributed by atoms with Crippen LogP contribution < -0.4 is 0 Å². The van der Waals surface area contributed by atoms with E-state index in [1.807, 2.05) is 0 Å². The van der Waals surface area contributed by atoms with E-state index in [1.165, 1.54) is 7.05 Å². The molecule has 1 spiro atoms. The van der Waals surface area contributed by atoms with Gasteiger partial charge in [-0.25, -0.2) is 8.42 Å². The summed E-state index contributed by atoms with van der Waals surface area (Å²) in [5.41, 5.74) is 0.861. The third-order valence-electron chi connectivity index (χ3n) is 4.78. The lowest BCUT2D eigenvalue weighted by Gasteiger charge is -2.38. The summed E-state index contributed by atoms with van der Waals surface area (Å²) in [4.78, 5) is 14.3. The van der Waals surface area contributed by atoms with Crippen LogP contribution in [-0.2, 0) is 24.3 Å². The molecule has 0 radical (unpaired) electrons. The predicted octanol–water partition coefficient (Wildman–Crippen LogP) is 0.0125. The van der Waals surface area contributed by atoms with Crippen molar-refractivity contribution in [3.63, 3.8) is 0 Å². The number of piperidine rings is 1. The third-order valence-corrected chi connectivity index (χ3v) is 6.85. The van der Waals surface area contributed by atoms with Gasteiger partial charge in [0.2, 0.25) is 15.9 Å². The van der Waals surface area contributed by atoms with Gasteiger partial charge in [0.15, 0.2) is 5.79 Å². The van der Waals surface area contributed by atoms with E-state index >= 15 is 0 Å². The summed E-state index contributed by atoms with van der Waals surface area (Å²) in [7, 11) is -2.36. The maximum Gasteiger partial charge on any atom is 0.246 e. The molecule has 3 heterocycles. The molecule has 2 aliphatic heterocycles. The van der Waals surface area contributed by atoms with Gasteiger partial charge in [-0.2, -0.15) is 9.40 Å². The summed E-state index contributed by atoms with van der Waals surface area (Å²) in [6.45, 7) is 5.22. The molecule has 0 aromatic carbocycles. The lowest BCUT2D eigenvalue weighted by Crippen LogP contribution is -2.50. The van der Waals surface area contributed by atoms with Crippen LogP contribution in [0.15, 0.2) is 4.90 Å². The number of amides is 1. The van der Waals surface area contributed by atoms with Gasteiger partial charge in [-0.3, -0.25) is 9.89 Å². The van der Waals surface area contributed by atoms with E-state index in [-0.39, 0.29) is 17.3 Å². The van der Waals surface area contributed by atoms with Crippen molar-refractivity contribution in [1.29, 1.82) is 0 Å². The highest BCUT2D eigenvalue weighted by Gasteiger charge is 2.41. The average molecular weight is 372 g/mol. The summed E-state index contributed by atoms with van der Waals surface area (Å²) >= 11 is 0. The Morgan fingerprint density at radius 3 is 2.40 bits per heavy atom. The highest BCUT2D eigenvalue weighted by molar-refractivity contribution is 7.89. The first kappa shape index (κ1) is 18.3. The number of H-pyrrole nitrogens is 1. The first-order valence-electron chi connectivity index (χ1n) is 8.29. The molecule has 3 rings (SSSR count). The van der Waals surface area contributed by atoms with E-state index in [9.17, 15) is 13.2 Å². The van der Waals surface area contributed by atoms with Crippen LogP contribution in [0.1, 0.15) is 24.2 Å². The molecule has 1 aromatic rings. The highest BCUT2D eigenvalue weighted by atomic mass is 32.2. The average Bonchev–Trinajstić information content (AvgIpc) is 3.15. The lowest BCUT2D eigenvalue weighted by atomic mass is 10.0. The molecular formula is C15H24N4O5S. The molecule has 9 nitrogen and oxygen atoms in total. The number of aryl methyl sites for hydroxylation is 2. The second kappa shape index (κ2) is 6.67. The largest absolute Gasteiger partial charge is 0.347 e. The Balaban J connectivity index is 1.63. The number of likely N-dealkylation sites (N-methyl/N-ethyl adjacent to an activating group) is 1. The number of nitrogens with zero attached hydrogens (tertiary/aromatic N) is 3. The Labute approximate surface area is 147 Å². The molecule has 0 unspecified atom stereocenters. The highest BCUT2D eigenvalue weighted by Crippen LogP contribution is 2.31. The Hall–Kier alpha value is -1.49. The first-order valence-corrected chi connectivity index (χ1v) is 9.73. The van der Waals surface area contributed by atoms with Gasteiger partial charge in [0.1, 0.15) is 4.90 Å². The maximum absolute atomic E-state index is 12.7. The van der Waals surface area contributed by atoms with E-state index in [0.29, 0.717) is 50.5 Å². The van der Waals surface area contributed by atoms with Gasteiger partial charge in [0, 0.05) is 33.0 Å². The molecule has 0 saturated carbocycles. The van der Waals surface area contributed by atoms with Crippen molar-refractivity contribution in [2.75, 3.05) is 39.9 Å². The second-order valence-electron chi connectivity index (χ2n) is 6.51. The Kier molecular flexibility index (Phi) is 4.89. The van der Waals surface area contributed by atoms with Crippen molar-refractivity contribution in [2.45, 2.75) is 37.4 Å². The van der Waals surface area contributed by atoms with Crippen molar-refractivity contribution in [3.05, 3.63) is 11.4 Å². The third kappa shape index (κ3) is 3.43. The van der Waals surface area contributed by atoms with Gasteiger partial charge in [-0.05, 0) is 13.8 Å². The van der Waals surface area contributed by atoms with Crippen molar-refractivity contribution in [3.8, 4) is 0 Å². The Morgan fingerprint density at radius 1 is 1.28 bits per heavy atom. The first-order chi connectivity index (χ1) is 11.8. The molecule has 10 heteroatoms. The molecule has 2 aliphatic rings. The quantitative estimate of drug-likeness (QED) is 0.798. The van der Waals surface area contributed by atoms with Crippen LogP contribution in [0, 0.1) is 13.8 Å². The van der Waals surface area contributed by atoms with Crippen molar-refractivity contribution >= 4 is 15.9 Å². The number of ether oxygens (including phenoxy) is 2.